The lowest BCUT2D eigenvalue weighted by Crippen LogP contribution is -1.84. The summed E-state index contributed by atoms with van der Waals surface area (Å²) in [5.74, 6) is 0.763. The molecule has 2 aromatic heterocycles. The Morgan fingerprint density at radius 1 is 1.50 bits per heavy atom. The van der Waals surface area contributed by atoms with E-state index in [0.717, 1.165) is 16.2 Å². The lowest BCUT2D eigenvalue weighted by atomic mass is 10.6. The van der Waals surface area contributed by atoms with Gasteiger partial charge in [-0.25, -0.2) is 9.97 Å². The molecule has 0 radical (unpaired) electrons. The molecule has 0 aromatic carbocycles. The van der Waals surface area contributed by atoms with Gasteiger partial charge in [0.15, 0.2) is 4.83 Å². The van der Waals surface area contributed by atoms with E-state index in [2.05, 4.69) is 19.6 Å². The van der Waals surface area contributed by atoms with Crippen molar-refractivity contribution in [2.24, 2.45) is 0 Å². The number of nitrogens with zero attached hydrogens (tertiary/aromatic N) is 4. The average molecular weight is 152 g/mol. The Hall–Kier alpha value is -1.10. The molecule has 0 aliphatic carbocycles. The summed E-state index contributed by atoms with van der Waals surface area (Å²) in [6.07, 6.45) is 1.68. The van der Waals surface area contributed by atoms with Gasteiger partial charge in [-0.2, -0.15) is 0 Å². The van der Waals surface area contributed by atoms with E-state index in [1.807, 2.05) is 6.92 Å². The molecule has 5 heteroatoms. The number of fused-ring (bicyclic) bond motifs is 1. The molecule has 0 saturated heterocycles. The topological polar surface area (TPSA) is 51.6 Å². The highest BCUT2D eigenvalue weighted by molar-refractivity contribution is 7.12. The first kappa shape index (κ1) is 5.67. The molecule has 0 unspecified atom stereocenters. The second-order valence-corrected chi connectivity index (χ2v) is 2.61. The van der Waals surface area contributed by atoms with Crippen LogP contribution in [0.4, 0.5) is 0 Å². The fourth-order valence-corrected chi connectivity index (χ4v) is 1.25. The van der Waals surface area contributed by atoms with Crippen molar-refractivity contribution in [3.63, 3.8) is 0 Å². The van der Waals surface area contributed by atoms with Gasteiger partial charge in [-0.1, -0.05) is 4.49 Å². The molecule has 0 bridgehead atoms. The molecule has 2 heterocycles. The van der Waals surface area contributed by atoms with Crippen LogP contribution in [0.5, 0.6) is 0 Å². The summed E-state index contributed by atoms with van der Waals surface area (Å²) in [5.41, 5.74) is 0.774. The lowest BCUT2D eigenvalue weighted by Gasteiger charge is -1.85. The summed E-state index contributed by atoms with van der Waals surface area (Å²) in [5, 5.41) is 3.80. The molecule has 2 aromatic rings. The SMILES string of the molecule is Cc1ncc2nnsc2n1. The number of aryl methyl sites for hydroxylation is 1. The molecule has 0 aliphatic rings. The summed E-state index contributed by atoms with van der Waals surface area (Å²) in [6, 6.07) is 0. The maximum Gasteiger partial charge on any atom is 0.167 e. The van der Waals surface area contributed by atoms with Crippen molar-refractivity contribution in [2.75, 3.05) is 0 Å². The fourth-order valence-electron chi connectivity index (χ4n) is 0.682. The Morgan fingerprint density at radius 3 is 3.30 bits per heavy atom. The molecule has 0 fully saturated rings. The van der Waals surface area contributed by atoms with E-state index in [4.69, 9.17) is 0 Å². The van der Waals surface area contributed by atoms with Crippen molar-refractivity contribution < 1.29 is 0 Å². The first-order valence-corrected chi connectivity index (χ1v) is 3.55. The van der Waals surface area contributed by atoms with Crippen LogP contribution in [0.25, 0.3) is 10.3 Å². The van der Waals surface area contributed by atoms with E-state index in [-0.39, 0.29) is 0 Å². The van der Waals surface area contributed by atoms with E-state index < -0.39 is 0 Å². The Kier molecular flexibility index (Phi) is 1.10. The number of aromatic nitrogens is 4. The van der Waals surface area contributed by atoms with Gasteiger partial charge in [-0.3, -0.25) is 0 Å². The number of hydrogen-bond donors (Lipinski definition) is 0. The van der Waals surface area contributed by atoms with Crippen LogP contribution in [0.3, 0.4) is 0 Å². The second kappa shape index (κ2) is 1.95. The maximum absolute atomic E-state index is 4.12. The third-order valence-corrected chi connectivity index (χ3v) is 1.77. The summed E-state index contributed by atoms with van der Waals surface area (Å²) in [7, 11) is 0. The first-order chi connectivity index (χ1) is 4.86. The highest BCUT2D eigenvalue weighted by atomic mass is 32.1. The Labute approximate surface area is 61.1 Å². The van der Waals surface area contributed by atoms with Gasteiger partial charge in [0.2, 0.25) is 0 Å². The van der Waals surface area contributed by atoms with Crippen LogP contribution in [0.1, 0.15) is 5.82 Å². The summed E-state index contributed by atoms with van der Waals surface area (Å²) in [4.78, 5) is 8.94. The molecule has 0 amide bonds. The predicted octanol–water partition coefficient (Wildman–Crippen LogP) is 0.790. The Morgan fingerprint density at radius 2 is 2.40 bits per heavy atom. The van der Waals surface area contributed by atoms with Crippen LogP contribution in [0.2, 0.25) is 0 Å². The lowest BCUT2D eigenvalue weighted by molar-refractivity contribution is 1.08. The highest BCUT2D eigenvalue weighted by Crippen LogP contribution is 2.09. The molecular weight excluding hydrogens is 148 g/mol. The summed E-state index contributed by atoms with van der Waals surface area (Å²) >= 11 is 1.29. The fraction of sp³-hybridized carbons (Fsp3) is 0.200. The quantitative estimate of drug-likeness (QED) is 0.560. The van der Waals surface area contributed by atoms with E-state index >= 15 is 0 Å². The maximum atomic E-state index is 4.12. The number of rotatable bonds is 0. The molecule has 10 heavy (non-hydrogen) atoms. The normalized spacial score (nSPS) is 10.5. The van der Waals surface area contributed by atoms with Gasteiger partial charge in [0.25, 0.3) is 0 Å². The van der Waals surface area contributed by atoms with Gasteiger partial charge in [-0.15, -0.1) is 5.10 Å². The van der Waals surface area contributed by atoms with Gasteiger partial charge < -0.3 is 0 Å². The van der Waals surface area contributed by atoms with E-state index in [1.165, 1.54) is 11.5 Å². The van der Waals surface area contributed by atoms with Crippen molar-refractivity contribution in [1.29, 1.82) is 0 Å². The van der Waals surface area contributed by atoms with Crippen molar-refractivity contribution in [3.8, 4) is 0 Å². The molecule has 0 atom stereocenters. The zero-order chi connectivity index (χ0) is 6.97. The summed E-state index contributed by atoms with van der Waals surface area (Å²) < 4.78 is 3.73. The van der Waals surface area contributed by atoms with Crippen molar-refractivity contribution >= 4 is 21.9 Å². The van der Waals surface area contributed by atoms with Crippen LogP contribution in [0.15, 0.2) is 6.20 Å². The van der Waals surface area contributed by atoms with Crippen LogP contribution < -0.4 is 0 Å². The molecule has 4 nitrogen and oxygen atoms in total. The second-order valence-electron chi connectivity index (χ2n) is 1.88. The van der Waals surface area contributed by atoms with Crippen LogP contribution in [0, 0.1) is 6.92 Å². The van der Waals surface area contributed by atoms with Crippen LogP contribution >= 0.6 is 11.5 Å². The minimum absolute atomic E-state index is 0.763. The minimum atomic E-state index is 0.763. The average Bonchev–Trinajstić information content (AvgIpc) is 2.33. The molecule has 0 N–H and O–H groups in total. The smallest absolute Gasteiger partial charge is 0.167 e. The number of hydrogen-bond acceptors (Lipinski definition) is 5. The van der Waals surface area contributed by atoms with Gasteiger partial charge in [0.1, 0.15) is 11.3 Å². The molecule has 50 valence electrons. The minimum Gasteiger partial charge on any atom is -0.239 e. The zero-order valence-corrected chi connectivity index (χ0v) is 6.09. The van der Waals surface area contributed by atoms with Crippen LogP contribution in [-0.2, 0) is 0 Å². The predicted molar refractivity (Wildman–Crippen MR) is 37.7 cm³/mol. The van der Waals surface area contributed by atoms with E-state index in [9.17, 15) is 0 Å². The van der Waals surface area contributed by atoms with E-state index in [1.54, 1.807) is 6.20 Å². The Balaban J connectivity index is 2.86. The standard InChI is InChI=1S/C5H4N4S/c1-3-6-2-4-5(7-3)10-9-8-4/h2H,1H3. The van der Waals surface area contributed by atoms with E-state index in [0.29, 0.717) is 0 Å². The molecule has 0 saturated carbocycles. The zero-order valence-electron chi connectivity index (χ0n) is 5.27. The van der Waals surface area contributed by atoms with Gasteiger partial charge >= 0.3 is 0 Å². The van der Waals surface area contributed by atoms with Gasteiger partial charge in [0.05, 0.1) is 6.20 Å². The monoisotopic (exact) mass is 152 g/mol. The van der Waals surface area contributed by atoms with Crippen LogP contribution in [-0.4, -0.2) is 19.6 Å². The molecular formula is C5H4N4S. The highest BCUT2D eigenvalue weighted by Gasteiger charge is 1.98. The third kappa shape index (κ3) is 0.750. The summed E-state index contributed by atoms with van der Waals surface area (Å²) in [6.45, 7) is 1.85. The molecule has 2 rings (SSSR count). The van der Waals surface area contributed by atoms with Crippen molar-refractivity contribution in [1.82, 2.24) is 19.6 Å². The Bertz CT molecular complexity index is 355. The molecule has 0 spiro atoms. The van der Waals surface area contributed by atoms with Crippen molar-refractivity contribution in [3.05, 3.63) is 12.0 Å². The van der Waals surface area contributed by atoms with Gasteiger partial charge in [-0.05, 0) is 6.92 Å². The largest absolute Gasteiger partial charge is 0.239 e. The van der Waals surface area contributed by atoms with Crippen molar-refractivity contribution in [2.45, 2.75) is 6.92 Å². The third-order valence-electron chi connectivity index (χ3n) is 1.13. The van der Waals surface area contributed by atoms with Gasteiger partial charge in [0, 0.05) is 11.5 Å². The first-order valence-electron chi connectivity index (χ1n) is 2.78. The molecule has 0 aliphatic heterocycles.